The largest absolute Gasteiger partial charge is 0.493 e. The molecule has 0 aliphatic rings. The fourth-order valence-corrected chi connectivity index (χ4v) is 3.78. The normalized spacial score (nSPS) is 10.4. The van der Waals surface area contributed by atoms with Crippen LogP contribution < -0.4 is 18.9 Å². The molecule has 188 valence electrons. The van der Waals surface area contributed by atoms with E-state index in [-0.39, 0.29) is 16.7 Å². The highest BCUT2D eigenvalue weighted by molar-refractivity contribution is 6.49. The average Bonchev–Trinajstić information content (AvgIpc) is 2.94. The van der Waals surface area contributed by atoms with Crippen molar-refractivity contribution in [3.05, 3.63) is 82.4 Å². The number of esters is 1. The molecule has 0 aliphatic carbocycles. The van der Waals surface area contributed by atoms with Crippen molar-refractivity contribution < 1.29 is 38.1 Å². The second-order valence-corrected chi connectivity index (χ2v) is 7.78. The topological polar surface area (TPSA) is 97.4 Å². The molecule has 0 fully saturated rings. The van der Waals surface area contributed by atoms with Gasteiger partial charge in [0, 0.05) is 11.1 Å². The van der Waals surface area contributed by atoms with Gasteiger partial charge in [-0.05, 0) is 60.4 Å². The van der Waals surface area contributed by atoms with Crippen LogP contribution in [0.5, 0.6) is 23.0 Å². The number of rotatable bonds is 11. The Labute approximate surface area is 209 Å². The number of hydrogen-bond acceptors (Lipinski definition) is 8. The second-order valence-electron chi connectivity index (χ2n) is 7.78. The molecular formula is C28H28O8. The number of benzene rings is 3. The fourth-order valence-electron chi connectivity index (χ4n) is 3.78. The molecule has 0 aliphatic heterocycles. The van der Waals surface area contributed by atoms with Crippen LogP contribution in [-0.4, -0.2) is 53.1 Å². The van der Waals surface area contributed by atoms with Crippen LogP contribution in [0.25, 0.3) is 0 Å². The predicted molar refractivity (Wildman–Crippen MR) is 133 cm³/mol. The van der Waals surface area contributed by atoms with Gasteiger partial charge in [0.1, 0.15) is 0 Å². The maximum absolute atomic E-state index is 13.3. The zero-order chi connectivity index (χ0) is 26.2. The number of hydrogen-bond donors (Lipinski definition) is 0. The highest BCUT2D eigenvalue weighted by atomic mass is 16.5. The van der Waals surface area contributed by atoms with E-state index >= 15 is 0 Å². The highest BCUT2D eigenvalue weighted by Gasteiger charge is 2.24. The monoisotopic (exact) mass is 492 g/mol. The van der Waals surface area contributed by atoms with Crippen LogP contribution in [0.2, 0.25) is 0 Å². The van der Waals surface area contributed by atoms with Crippen LogP contribution in [-0.2, 0) is 17.6 Å². The van der Waals surface area contributed by atoms with Crippen molar-refractivity contribution in [2.75, 3.05) is 35.5 Å². The highest BCUT2D eigenvalue weighted by Crippen LogP contribution is 2.33. The number of carbonyl (C=O) groups excluding carboxylic acids is 3. The molecule has 3 rings (SSSR count). The third kappa shape index (κ3) is 5.66. The Bertz CT molecular complexity index is 1260. The smallest absolute Gasteiger partial charge is 0.337 e. The van der Waals surface area contributed by atoms with Crippen LogP contribution in [0.15, 0.2) is 54.6 Å². The van der Waals surface area contributed by atoms with Crippen molar-refractivity contribution in [1.29, 1.82) is 0 Å². The molecule has 0 atom stereocenters. The lowest BCUT2D eigenvalue weighted by Gasteiger charge is -2.15. The van der Waals surface area contributed by atoms with Gasteiger partial charge in [0.25, 0.3) is 0 Å². The SMILES string of the molecule is COC(=O)c1ccc(C(=O)C(=O)c2cc(OC)c(OC)cc2CCc2ccc(OC)c(OC)c2)cc1. The van der Waals surface area contributed by atoms with Crippen molar-refractivity contribution in [2.24, 2.45) is 0 Å². The van der Waals surface area contributed by atoms with E-state index < -0.39 is 17.5 Å². The summed E-state index contributed by atoms with van der Waals surface area (Å²) < 4.78 is 26.1. The molecule has 0 saturated heterocycles. The summed E-state index contributed by atoms with van der Waals surface area (Å²) in [7, 11) is 7.37. The third-order valence-electron chi connectivity index (χ3n) is 5.76. The molecule has 0 radical (unpaired) electrons. The maximum atomic E-state index is 13.3. The lowest BCUT2D eigenvalue weighted by atomic mass is 9.93. The van der Waals surface area contributed by atoms with Crippen LogP contribution >= 0.6 is 0 Å². The van der Waals surface area contributed by atoms with Gasteiger partial charge in [0.05, 0.1) is 41.1 Å². The lowest BCUT2D eigenvalue weighted by molar-refractivity contribution is 0.0600. The first kappa shape index (κ1) is 26.3. The van der Waals surface area contributed by atoms with Gasteiger partial charge in [-0.1, -0.05) is 18.2 Å². The third-order valence-corrected chi connectivity index (χ3v) is 5.76. The van der Waals surface area contributed by atoms with Gasteiger partial charge < -0.3 is 23.7 Å². The summed E-state index contributed by atoms with van der Waals surface area (Å²) in [6.45, 7) is 0. The molecule has 36 heavy (non-hydrogen) atoms. The van der Waals surface area contributed by atoms with Gasteiger partial charge in [-0.25, -0.2) is 4.79 Å². The van der Waals surface area contributed by atoms with Crippen LogP contribution in [0, 0.1) is 0 Å². The Hall–Kier alpha value is -4.33. The molecule has 0 heterocycles. The summed E-state index contributed by atoms with van der Waals surface area (Å²) in [6, 6.07) is 14.6. The summed E-state index contributed by atoms with van der Waals surface area (Å²) in [4.78, 5) is 38.1. The number of ketones is 2. The molecule has 0 bridgehead atoms. The van der Waals surface area contributed by atoms with Crippen molar-refractivity contribution in [3.8, 4) is 23.0 Å². The first-order chi connectivity index (χ1) is 17.4. The summed E-state index contributed by atoms with van der Waals surface area (Å²) in [5, 5.41) is 0. The van der Waals surface area contributed by atoms with Crippen molar-refractivity contribution in [2.45, 2.75) is 12.8 Å². The van der Waals surface area contributed by atoms with E-state index in [0.29, 0.717) is 41.4 Å². The first-order valence-corrected chi connectivity index (χ1v) is 11.1. The van der Waals surface area contributed by atoms with Gasteiger partial charge in [0.15, 0.2) is 23.0 Å². The van der Waals surface area contributed by atoms with Crippen LogP contribution in [0.1, 0.15) is 42.2 Å². The van der Waals surface area contributed by atoms with Crippen LogP contribution in [0.4, 0.5) is 0 Å². The van der Waals surface area contributed by atoms with Gasteiger partial charge in [-0.15, -0.1) is 0 Å². The van der Waals surface area contributed by atoms with Crippen molar-refractivity contribution in [1.82, 2.24) is 0 Å². The van der Waals surface area contributed by atoms with Gasteiger partial charge >= 0.3 is 5.97 Å². The molecule has 0 N–H and O–H groups in total. The zero-order valence-electron chi connectivity index (χ0n) is 20.9. The summed E-state index contributed by atoms with van der Waals surface area (Å²) in [5.41, 5.74) is 2.25. The Morgan fingerprint density at radius 1 is 0.583 bits per heavy atom. The molecule has 0 aromatic heterocycles. The number of aryl methyl sites for hydroxylation is 2. The summed E-state index contributed by atoms with van der Waals surface area (Å²) in [6.07, 6.45) is 1.02. The summed E-state index contributed by atoms with van der Waals surface area (Å²) in [5.74, 6) is 0.0831. The number of carbonyl (C=O) groups is 3. The number of methoxy groups -OCH3 is 5. The fraction of sp³-hybridized carbons (Fsp3) is 0.250. The zero-order valence-corrected chi connectivity index (χ0v) is 20.9. The van der Waals surface area contributed by atoms with E-state index in [1.807, 2.05) is 18.2 Å². The molecule has 8 nitrogen and oxygen atoms in total. The van der Waals surface area contributed by atoms with Crippen molar-refractivity contribution >= 4 is 17.5 Å². The minimum atomic E-state index is -0.703. The molecule has 0 spiro atoms. The molecule has 0 amide bonds. The predicted octanol–water partition coefficient (Wildman–Crippen LogP) is 4.36. The van der Waals surface area contributed by atoms with Gasteiger partial charge in [0.2, 0.25) is 11.6 Å². The van der Waals surface area contributed by atoms with E-state index in [4.69, 9.17) is 18.9 Å². The van der Waals surface area contributed by atoms with E-state index in [9.17, 15) is 14.4 Å². The maximum Gasteiger partial charge on any atom is 0.337 e. The van der Waals surface area contributed by atoms with E-state index in [1.165, 1.54) is 51.7 Å². The molecule has 3 aromatic rings. The van der Waals surface area contributed by atoms with E-state index in [2.05, 4.69) is 4.74 Å². The van der Waals surface area contributed by atoms with Gasteiger partial charge in [-0.3, -0.25) is 9.59 Å². The first-order valence-electron chi connectivity index (χ1n) is 11.1. The van der Waals surface area contributed by atoms with Crippen molar-refractivity contribution in [3.63, 3.8) is 0 Å². The second kappa shape index (κ2) is 11.9. The number of Topliss-reactive ketones (excluding diaryl/α,β-unsaturated/α-hetero) is 2. The Morgan fingerprint density at radius 2 is 1.14 bits per heavy atom. The Balaban J connectivity index is 1.93. The molecule has 0 saturated carbocycles. The minimum absolute atomic E-state index is 0.160. The minimum Gasteiger partial charge on any atom is -0.493 e. The quantitative estimate of drug-likeness (QED) is 0.221. The van der Waals surface area contributed by atoms with E-state index in [0.717, 1.165) is 5.56 Å². The lowest BCUT2D eigenvalue weighted by Crippen LogP contribution is -2.17. The molecule has 3 aromatic carbocycles. The Morgan fingerprint density at radius 3 is 1.72 bits per heavy atom. The molecular weight excluding hydrogens is 464 g/mol. The molecule has 8 heteroatoms. The van der Waals surface area contributed by atoms with Crippen LogP contribution in [0.3, 0.4) is 0 Å². The standard InChI is InChI=1S/C28H28O8/c1-32-22-13-7-17(14-23(22)33-2)6-8-20-15-24(34-3)25(35-4)16-21(20)27(30)26(29)18-9-11-19(12-10-18)28(31)36-5/h7,9-16H,6,8H2,1-5H3. The van der Waals surface area contributed by atoms with E-state index in [1.54, 1.807) is 20.3 Å². The average molecular weight is 493 g/mol. The Kier molecular flexibility index (Phi) is 8.67. The van der Waals surface area contributed by atoms with Gasteiger partial charge in [-0.2, -0.15) is 0 Å². The molecule has 0 unspecified atom stereocenters. The number of ether oxygens (including phenoxy) is 5. The summed E-state index contributed by atoms with van der Waals surface area (Å²) >= 11 is 0.